The molecule has 172 valence electrons. The Morgan fingerprint density at radius 3 is 2.00 bits per heavy atom. The fourth-order valence-electron chi connectivity index (χ4n) is 4.05. The molecule has 10 heteroatoms. The van der Waals surface area contributed by atoms with E-state index in [-0.39, 0.29) is 16.6 Å². The molecule has 0 unspecified atom stereocenters. The molecule has 2 saturated heterocycles. The molecule has 2 fully saturated rings. The van der Waals surface area contributed by atoms with E-state index in [1.54, 1.807) is 36.4 Å². The van der Waals surface area contributed by atoms with Gasteiger partial charge >= 0.3 is 0 Å². The number of sulfonamides is 2. The lowest BCUT2D eigenvalue weighted by atomic mass is 10.2. The third-order valence-corrected chi connectivity index (χ3v) is 9.61. The number of anilines is 2. The van der Waals surface area contributed by atoms with Crippen molar-refractivity contribution in [3.63, 3.8) is 0 Å². The number of nitrogens with zero attached hydrogens (tertiary/aromatic N) is 2. The van der Waals surface area contributed by atoms with Gasteiger partial charge in [0.2, 0.25) is 20.0 Å². The number of rotatable bonds is 5. The van der Waals surface area contributed by atoms with Crippen LogP contribution in [0.4, 0.5) is 11.4 Å². The summed E-state index contributed by atoms with van der Waals surface area (Å²) in [6.45, 7) is 1.52. The second-order valence-electron chi connectivity index (χ2n) is 8.09. The number of carbonyl (C=O) groups excluding carboxylic acids is 1. The Morgan fingerprint density at radius 2 is 1.44 bits per heavy atom. The monoisotopic (exact) mass is 477 g/mol. The minimum absolute atomic E-state index is 0.138. The highest BCUT2D eigenvalue weighted by Crippen LogP contribution is 2.25. The molecule has 0 aromatic heterocycles. The first-order chi connectivity index (χ1) is 15.3. The Bertz CT molecular complexity index is 1170. The minimum atomic E-state index is -3.54. The summed E-state index contributed by atoms with van der Waals surface area (Å²) in [4.78, 5) is 12.8. The number of hydrogen-bond acceptors (Lipinski definition) is 5. The zero-order valence-corrected chi connectivity index (χ0v) is 19.4. The topological polar surface area (TPSA) is 104 Å². The number of carbonyl (C=O) groups is 1. The number of benzene rings is 2. The van der Waals surface area contributed by atoms with Gasteiger partial charge < -0.3 is 5.32 Å². The molecule has 8 nitrogen and oxygen atoms in total. The fraction of sp³-hybridized carbons (Fsp3) is 0.409. The van der Waals surface area contributed by atoms with Crippen molar-refractivity contribution in [2.24, 2.45) is 0 Å². The van der Waals surface area contributed by atoms with Crippen LogP contribution in [0.1, 0.15) is 42.5 Å². The van der Waals surface area contributed by atoms with E-state index in [0.29, 0.717) is 43.0 Å². The van der Waals surface area contributed by atoms with Crippen molar-refractivity contribution in [2.75, 3.05) is 35.0 Å². The number of hydrogen-bond donors (Lipinski definition) is 1. The molecule has 0 atom stereocenters. The SMILES string of the molecule is O=C(Nc1ccc(S(=O)(=O)N2CCCCCC2)cc1)c1ccc(N2CCCS2(=O)=O)cc1. The van der Waals surface area contributed by atoms with Gasteiger partial charge in [0.15, 0.2) is 0 Å². The van der Waals surface area contributed by atoms with Gasteiger partial charge in [-0.2, -0.15) is 4.31 Å². The molecule has 4 rings (SSSR count). The van der Waals surface area contributed by atoms with Gasteiger partial charge in [0, 0.05) is 30.9 Å². The zero-order valence-electron chi connectivity index (χ0n) is 17.7. The van der Waals surface area contributed by atoms with Crippen LogP contribution in [0, 0.1) is 0 Å². The van der Waals surface area contributed by atoms with E-state index in [2.05, 4.69) is 5.32 Å². The van der Waals surface area contributed by atoms with Crippen LogP contribution < -0.4 is 9.62 Å². The van der Waals surface area contributed by atoms with Crippen molar-refractivity contribution in [2.45, 2.75) is 37.0 Å². The first-order valence-corrected chi connectivity index (χ1v) is 13.8. The Kier molecular flexibility index (Phi) is 6.55. The lowest BCUT2D eigenvalue weighted by Crippen LogP contribution is -2.31. The predicted octanol–water partition coefficient (Wildman–Crippen LogP) is 3.04. The molecule has 1 amide bonds. The molecule has 0 radical (unpaired) electrons. The van der Waals surface area contributed by atoms with Crippen molar-refractivity contribution in [3.05, 3.63) is 54.1 Å². The zero-order chi connectivity index (χ0) is 22.8. The molecule has 0 bridgehead atoms. The van der Waals surface area contributed by atoms with Crippen LogP contribution in [-0.2, 0) is 20.0 Å². The lowest BCUT2D eigenvalue weighted by Gasteiger charge is -2.20. The Balaban J connectivity index is 1.42. The van der Waals surface area contributed by atoms with E-state index < -0.39 is 20.0 Å². The average Bonchev–Trinajstić information content (AvgIpc) is 2.96. The molecular weight excluding hydrogens is 450 g/mol. The van der Waals surface area contributed by atoms with E-state index >= 15 is 0 Å². The quantitative estimate of drug-likeness (QED) is 0.713. The molecule has 2 heterocycles. The van der Waals surface area contributed by atoms with Crippen molar-refractivity contribution in [3.8, 4) is 0 Å². The summed E-state index contributed by atoms with van der Waals surface area (Å²) in [7, 11) is -6.81. The van der Waals surface area contributed by atoms with Crippen LogP contribution >= 0.6 is 0 Å². The van der Waals surface area contributed by atoms with Gasteiger partial charge in [0.05, 0.1) is 16.3 Å². The van der Waals surface area contributed by atoms with E-state index in [1.165, 1.54) is 20.7 Å². The van der Waals surface area contributed by atoms with Crippen molar-refractivity contribution in [1.82, 2.24) is 4.31 Å². The van der Waals surface area contributed by atoms with E-state index in [4.69, 9.17) is 0 Å². The summed E-state index contributed by atoms with van der Waals surface area (Å²) in [6.07, 6.45) is 4.43. The van der Waals surface area contributed by atoms with Gasteiger partial charge in [-0.15, -0.1) is 0 Å². The highest BCUT2D eigenvalue weighted by atomic mass is 32.2. The molecular formula is C22H27N3O5S2. The number of amides is 1. The summed E-state index contributed by atoms with van der Waals surface area (Å²) < 4.78 is 52.7. The van der Waals surface area contributed by atoms with Crippen molar-refractivity contribution >= 4 is 37.3 Å². The van der Waals surface area contributed by atoms with E-state index in [0.717, 1.165) is 25.7 Å². The molecule has 0 spiro atoms. The highest BCUT2D eigenvalue weighted by Gasteiger charge is 2.28. The maximum Gasteiger partial charge on any atom is 0.255 e. The summed E-state index contributed by atoms with van der Waals surface area (Å²) in [5.41, 5.74) is 1.41. The molecule has 2 aliphatic heterocycles. The molecule has 32 heavy (non-hydrogen) atoms. The summed E-state index contributed by atoms with van der Waals surface area (Å²) in [5.74, 6) is -0.220. The molecule has 0 saturated carbocycles. The van der Waals surface area contributed by atoms with Crippen LogP contribution in [0.25, 0.3) is 0 Å². The van der Waals surface area contributed by atoms with E-state index in [1.807, 2.05) is 0 Å². The van der Waals surface area contributed by atoms with Gasteiger partial charge in [0.25, 0.3) is 5.91 Å². The van der Waals surface area contributed by atoms with E-state index in [9.17, 15) is 21.6 Å². The van der Waals surface area contributed by atoms with Crippen LogP contribution in [0.15, 0.2) is 53.4 Å². The first kappa shape index (κ1) is 22.8. The van der Waals surface area contributed by atoms with Crippen LogP contribution in [0.2, 0.25) is 0 Å². The van der Waals surface area contributed by atoms with Crippen LogP contribution in [0.3, 0.4) is 0 Å². The standard InChI is InChI=1S/C22H27N3O5S2/c26-22(18-6-10-20(11-7-18)25-16-5-17-31(25,27)28)23-19-8-12-21(13-9-19)32(29,30)24-14-3-1-2-4-15-24/h6-13H,1-5,14-17H2,(H,23,26). The fourth-order valence-corrected chi connectivity index (χ4v) is 7.13. The Morgan fingerprint density at radius 1 is 0.812 bits per heavy atom. The summed E-state index contributed by atoms with van der Waals surface area (Å²) in [5, 5.41) is 2.75. The Labute approximate surface area is 189 Å². The normalized spacial score (nSPS) is 19.4. The predicted molar refractivity (Wildman–Crippen MR) is 124 cm³/mol. The second-order valence-corrected chi connectivity index (χ2v) is 12.0. The maximum atomic E-state index is 12.9. The number of nitrogens with one attached hydrogen (secondary N) is 1. The lowest BCUT2D eigenvalue weighted by molar-refractivity contribution is 0.102. The first-order valence-electron chi connectivity index (χ1n) is 10.8. The van der Waals surface area contributed by atoms with Gasteiger partial charge in [-0.3, -0.25) is 9.10 Å². The van der Waals surface area contributed by atoms with Gasteiger partial charge in [-0.1, -0.05) is 12.8 Å². The largest absolute Gasteiger partial charge is 0.322 e. The summed E-state index contributed by atoms with van der Waals surface area (Å²) >= 11 is 0. The van der Waals surface area contributed by atoms with Crippen LogP contribution in [0.5, 0.6) is 0 Å². The van der Waals surface area contributed by atoms with Gasteiger partial charge in [-0.05, 0) is 67.8 Å². The highest BCUT2D eigenvalue weighted by molar-refractivity contribution is 7.93. The third kappa shape index (κ3) is 4.82. The molecule has 2 aromatic carbocycles. The summed E-state index contributed by atoms with van der Waals surface area (Å²) in [6, 6.07) is 12.6. The van der Waals surface area contributed by atoms with Crippen molar-refractivity contribution in [1.29, 1.82) is 0 Å². The second kappa shape index (κ2) is 9.21. The third-order valence-electron chi connectivity index (χ3n) is 5.83. The Hall–Kier alpha value is -2.43. The van der Waals surface area contributed by atoms with Crippen molar-refractivity contribution < 1.29 is 21.6 Å². The molecule has 0 aliphatic carbocycles. The molecule has 1 N–H and O–H groups in total. The smallest absolute Gasteiger partial charge is 0.255 e. The van der Waals surface area contributed by atoms with Gasteiger partial charge in [-0.25, -0.2) is 16.8 Å². The van der Waals surface area contributed by atoms with Crippen LogP contribution in [-0.4, -0.2) is 52.4 Å². The van der Waals surface area contributed by atoms with Gasteiger partial charge in [0.1, 0.15) is 0 Å². The average molecular weight is 478 g/mol. The molecule has 2 aromatic rings. The minimum Gasteiger partial charge on any atom is -0.322 e. The molecule has 2 aliphatic rings. The maximum absolute atomic E-state index is 12.9.